The highest BCUT2D eigenvalue weighted by Crippen LogP contribution is 2.35. The van der Waals surface area contributed by atoms with Crippen molar-refractivity contribution >= 4 is 33.9 Å². The third-order valence-corrected chi connectivity index (χ3v) is 4.78. The second-order valence-corrected chi connectivity index (χ2v) is 6.51. The standard InChI is InChI=1S/C20H18BrNO4/c1-3-22(4-2)20(24)25-14-9-10-15-17(12-14)26-18(19(15)23)11-13-7-5-6-8-16(13)21/h5-12H,3-4H2,1-2H3. The molecule has 0 saturated carbocycles. The number of hydrogen-bond acceptors (Lipinski definition) is 4. The Balaban J connectivity index is 1.82. The average molecular weight is 416 g/mol. The highest BCUT2D eigenvalue weighted by atomic mass is 79.9. The summed E-state index contributed by atoms with van der Waals surface area (Å²) in [5, 5.41) is 0. The quantitative estimate of drug-likeness (QED) is 0.665. The maximum atomic E-state index is 12.5. The average Bonchev–Trinajstić information content (AvgIpc) is 2.93. The van der Waals surface area contributed by atoms with Gasteiger partial charge in [0.2, 0.25) is 5.78 Å². The van der Waals surface area contributed by atoms with E-state index in [0.717, 1.165) is 10.0 Å². The zero-order chi connectivity index (χ0) is 18.7. The van der Waals surface area contributed by atoms with Crippen LogP contribution in [0.2, 0.25) is 0 Å². The molecule has 0 aliphatic carbocycles. The second-order valence-electron chi connectivity index (χ2n) is 5.66. The zero-order valence-corrected chi connectivity index (χ0v) is 16.1. The van der Waals surface area contributed by atoms with E-state index in [1.807, 2.05) is 38.1 Å². The molecule has 1 heterocycles. The van der Waals surface area contributed by atoms with E-state index < -0.39 is 6.09 Å². The summed E-state index contributed by atoms with van der Waals surface area (Å²) in [4.78, 5) is 26.2. The van der Waals surface area contributed by atoms with E-state index in [2.05, 4.69) is 15.9 Å². The Morgan fingerprint density at radius 1 is 1.19 bits per heavy atom. The lowest BCUT2D eigenvalue weighted by atomic mass is 10.1. The number of rotatable bonds is 4. The Hall–Kier alpha value is -2.60. The van der Waals surface area contributed by atoms with Crippen LogP contribution in [0.3, 0.4) is 0 Å². The number of halogens is 1. The number of ketones is 1. The van der Waals surface area contributed by atoms with Gasteiger partial charge < -0.3 is 14.4 Å². The predicted molar refractivity (Wildman–Crippen MR) is 102 cm³/mol. The van der Waals surface area contributed by atoms with Crippen molar-refractivity contribution < 1.29 is 19.1 Å². The summed E-state index contributed by atoms with van der Waals surface area (Å²) in [7, 11) is 0. The van der Waals surface area contributed by atoms with E-state index in [-0.39, 0.29) is 11.5 Å². The molecule has 0 fully saturated rings. The van der Waals surface area contributed by atoms with Gasteiger partial charge in [-0.1, -0.05) is 34.1 Å². The minimum atomic E-state index is -0.428. The normalized spacial score (nSPS) is 14.1. The summed E-state index contributed by atoms with van der Waals surface area (Å²) in [6.07, 6.45) is 1.26. The molecule has 2 aromatic carbocycles. The number of hydrogen-bond donors (Lipinski definition) is 0. The van der Waals surface area contributed by atoms with Gasteiger partial charge in [-0.05, 0) is 43.7 Å². The molecule has 1 aliphatic rings. The van der Waals surface area contributed by atoms with Crippen molar-refractivity contribution in [2.75, 3.05) is 13.1 Å². The van der Waals surface area contributed by atoms with Gasteiger partial charge in [0.25, 0.3) is 0 Å². The van der Waals surface area contributed by atoms with Crippen molar-refractivity contribution in [3.63, 3.8) is 0 Å². The molecule has 134 valence electrons. The van der Waals surface area contributed by atoms with Gasteiger partial charge in [-0.2, -0.15) is 0 Å². The summed E-state index contributed by atoms with van der Waals surface area (Å²) in [6.45, 7) is 4.89. The van der Waals surface area contributed by atoms with Crippen LogP contribution in [0.15, 0.2) is 52.7 Å². The van der Waals surface area contributed by atoms with Crippen molar-refractivity contribution in [3.8, 4) is 11.5 Å². The van der Waals surface area contributed by atoms with Crippen molar-refractivity contribution in [3.05, 3.63) is 63.8 Å². The first kappa shape index (κ1) is 18.2. The first-order valence-electron chi connectivity index (χ1n) is 8.33. The minimum Gasteiger partial charge on any atom is -0.452 e. The molecule has 2 aromatic rings. The Labute approximate surface area is 160 Å². The lowest BCUT2D eigenvalue weighted by Gasteiger charge is -2.17. The maximum absolute atomic E-state index is 12.5. The van der Waals surface area contributed by atoms with Crippen molar-refractivity contribution in [1.82, 2.24) is 4.90 Å². The lowest BCUT2D eigenvalue weighted by Crippen LogP contribution is -2.33. The van der Waals surface area contributed by atoms with Crippen LogP contribution in [0.25, 0.3) is 6.08 Å². The van der Waals surface area contributed by atoms with Gasteiger partial charge in [0.1, 0.15) is 11.5 Å². The molecule has 3 rings (SSSR count). The van der Waals surface area contributed by atoms with Crippen LogP contribution in [0.4, 0.5) is 4.79 Å². The molecule has 0 N–H and O–H groups in total. The Morgan fingerprint density at radius 2 is 1.92 bits per heavy atom. The molecule has 6 heteroatoms. The van der Waals surface area contributed by atoms with Gasteiger partial charge >= 0.3 is 6.09 Å². The lowest BCUT2D eigenvalue weighted by molar-refractivity contribution is 0.101. The van der Waals surface area contributed by atoms with E-state index in [9.17, 15) is 9.59 Å². The van der Waals surface area contributed by atoms with Crippen LogP contribution >= 0.6 is 15.9 Å². The molecular weight excluding hydrogens is 398 g/mol. The number of ether oxygens (including phenoxy) is 2. The predicted octanol–water partition coefficient (Wildman–Crippen LogP) is 4.91. The van der Waals surface area contributed by atoms with Gasteiger partial charge in [-0.3, -0.25) is 4.79 Å². The number of carbonyl (C=O) groups excluding carboxylic acids is 2. The van der Waals surface area contributed by atoms with E-state index in [1.54, 1.807) is 29.2 Å². The molecule has 0 unspecified atom stereocenters. The Bertz CT molecular complexity index is 887. The molecule has 0 atom stereocenters. The van der Waals surface area contributed by atoms with E-state index in [4.69, 9.17) is 9.47 Å². The molecule has 0 saturated heterocycles. The monoisotopic (exact) mass is 415 g/mol. The second kappa shape index (κ2) is 7.74. The van der Waals surface area contributed by atoms with Crippen LogP contribution in [-0.2, 0) is 0 Å². The number of fused-ring (bicyclic) bond motifs is 1. The largest absolute Gasteiger partial charge is 0.452 e. The summed E-state index contributed by atoms with van der Waals surface area (Å²) < 4.78 is 11.9. The van der Waals surface area contributed by atoms with Crippen LogP contribution in [0.5, 0.6) is 11.5 Å². The number of benzene rings is 2. The molecule has 0 aromatic heterocycles. The highest BCUT2D eigenvalue weighted by Gasteiger charge is 2.28. The van der Waals surface area contributed by atoms with Gasteiger partial charge in [0.15, 0.2) is 5.76 Å². The molecule has 26 heavy (non-hydrogen) atoms. The van der Waals surface area contributed by atoms with Crippen LogP contribution in [0.1, 0.15) is 29.8 Å². The highest BCUT2D eigenvalue weighted by molar-refractivity contribution is 9.10. The topological polar surface area (TPSA) is 55.8 Å². The molecular formula is C20H18BrNO4. The van der Waals surface area contributed by atoms with Crippen molar-refractivity contribution in [1.29, 1.82) is 0 Å². The molecule has 1 aliphatic heterocycles. The Morgan fingerprint density at radius 3 is 2.62 bits per heavy atom. The number of amides is 1. The fraction of sp³-hybridized carbons (Fsp3) is 0.200. The van der Waals surface area contributed by atoms with Gasteiger partial charge in [-0.25, -0.2) is 4.79 Å². The van der Waals surface area contributed by atoms with E-state index in [0.29, 0.717) is 30.2 Å². The fourth-order valence-corrected chi connectivity index (χ4v) is 3.01. The van der Waals surface area contributed by atoms with Gasteiger partial charge in [-0.15, -0.1) is 0 Å². The maximum Gasteiger partial charge on any atom is 0.415 e. The molecule has 5 nitrogen and oxygen atoms in total. The number of allylic oxidation sites excluding steroid dienone is 1. The smallest absolute Gasteiger partial charge is 0.415 e. The Kier molecular flexibility index (Phi) is 5.42. The van der Waals surface area contributed by atoms with Crippen molar-refractivity contribution in [2.24, 2.45) is 0 Å². The summed E-state index contributed by atoms with van der Waals surface area (Å²) >= 11 is 3.45. The molecule has 0 radical (unpaired) electrons. The third-order valence-electron chi connectivity index (χ3n) is 4.06. The number of nitrogens with zero attached hydrogens (tertiary/aromatic N) is 1. The number of carbonyl (C=O) groups is 2. The van der Waals surface area contributed by atoms with Crippen molar-refractivity contribution in [2.45, 2.75) is 13.8 Å². The first-order valence-corrected chi connectivity index (χ1v) is 9.12. The van der Waals surface area contributed by atoms with Gasteiger partial charge in [0.05, 0.1) is 5.56 Å². The number of Topliss-reactive ketones (excluding diaryl/α,β-unsaturated/α-hetero) is 1. The van der Waals surface area contributed by atoms with Crippen LogP contribution < -0.4 is 9.47 Å². The summed E-state index contributed by atoms with van der Waals surface area (Å²) in [5.41, 5.74) is 1.29. The summed E-state index contributed by atoms with van der Waals surface area (Å²) in [6, 6.07) is 12.3. The molecule has 1 amide bonds. The third kappa shape index (κ3) is 3.65. The minimum absolute atomic E-state index is 0.197. The van der Waals surface area contributed by atoms with Crippen LogP contribution in [0, 0.1) is 0 Å². The first-order chi connectivity index (χ1) is 12.5. The molecule has 0 bridgehead atoms. The SMILES string of the molecule is CCN(CC)C(=O)Oc1ccc2c(c1)OC(=Cc1ccccc1Br)C2=O. The molecule has 0 spiro atoms. The fourth-order valence-electron chi connectivity index (χ4n) is 2.61. The summed E-state index contributed by atoms with van der Waals surface area (Å²) in [5.74, 6) is 0.769. The van der Waals surface area contributed by atoms with Gasteiger partial charge in [0, 0.05) is 23.6 Å². The van der Waals surface area contributed by atoms with E-state index in [1.165, 1.54) is 0 Å². The zero-order valence-electron chi connectivity index (χ0n) is 14.5. The van der Waals surface area contributed by atoms with Crippen LogP contribution in [-0.4, -0.2) is 29.9 Å². The van der Waals surface area contributed by atoms with E-state index >= 15 is 0 Å².